The molecule has 0 amide bonds. The van der Waals surface area contributed by atoms with Gasteiger partial charge in [-0.1, -0.05) is 11.6 Å². The molecule has 0 spiro atoms. The zero-order valence-corrected chi connectivity index (χ0v) is 13.3. The highest BCUT2D eigenvalue weighted by Gasteiger charge is 2.22. The number of pyridine rings is 1. The van der Waals surface area contributed by atoms with Crippen LogP contribution in [0.25, 0.3) is 0 Å². The molecule has 0 aromatic carbocycles. The Morgan fingerprint density at radius 2 is 2.45 bits per heavy atom. The minimum Gasteiger partial charge on any atom is -0.480 e. The summed E-state index contributed by atoms with van der Waals surface area (Å²) in [5, 5.41) is 12.2. The monoisotopic (exact) mass is 361 g/mol. The first-order valence-electron chi connectivity index (χ1n) is 6.54. The molecule has 0 aliphatic carbocycles. The van der Waals surface area contributed by atoms with E-state index >= 15 is 0 Å². The largest absolute Gasteiger partial charge is 0.480 e. The van der Waals surface area contributed by atoms with Gasteiger partial charge in [0.2, 0.25) is 0 Å². The molecular weight excluding hydrogens is 346 g/mol. The summed E-state index contributed by atoms with van der Waals surface area (Å²) in [4.78, 5) is 17.0. The van der Waals surface area contributed by atoms with Crippen LogP contribution in [0, 0.1) is 5.92 Å². The van der Waals surface area contributed by atoms with Crippen molar-refractivity contribution < 1.29 is 9.90 Å². The molecule has 7 heteroatoms. The Labute approximate surface area is 131 Å². The normalized spacial score (nSPS) is 19.1. The first-order chi connectivity index (χ1) is 9.56. The zero-order chi connectivity index (χ0) is 14.5. The van der Waals surface area contributed by atoms with Gasteiger partial charge in [0.1, 0.15) is 5.82 Å². The number of carboxylic acids is 1. The number of nitrogens with zero attached hydrogens (tertiary/aromatic N) is 2. The third-order valence-electron chi connectivity index (χ3n) is 3.32. The summed E-state index contributed by atoms with van der Waals surface area (Å²) < 4.78 is 0.864. The molecule has 1 fully saturated rings. The number of aromatic nitrogens is 1. The standard InChI is InChI=1S/C13H17BrClN3O2/c14-10-4-11(15)13(17-6-10)18-3-1-2-9(8-18)5-16-7-12(19)20/h4,6,9,16H,1-3,5,7-8H2,(H,19,20). The number of rotatable bonds is 5. The van der Waals surface area contributed by atoms with Crippen molar-refractivity contribution in [2.45, 2.75) is 12.8 Å². The molecule has 1 unspecified atom stereocenters. The van der Waals surface area contributed by atoms with E-state index in [9.17, 15) is 4.79 Å². The summed E-state index contributed by atoms with van der Waals surface area (Å²) in [7, 11) is 0. The quantitative estimate of drug-likeness (QED) is 0.842. The van der Waals surface area contributed by atoms with E-state index < -0.39 is 5.97 Å². The smallest absolute Gasteiger partial charge is 0.317 e. The lowest BCUT2D eigenvalue weighted by Crippen LogP contribution is -2.41. The van der Waals surface area contributed by atoms with Gasteiger partial charge in [-0.05, 0) is 40.8 Å². The fraction of sp³-hybridized carbons (Fsp3) is 0.538. The first-order valence-corrected chi connectivity index (χ1v) is 7.72. The Kier molecular flexibility index (Phi) is 5.63. The number of anilines is 1. The predicted molar refractivity (Wildman–Crippen MR) is 82.4 cm³/mol. The number of halogens is 2. The van der Waals surface area contributed by atoms with Gasteiger partial charge in [-0.25, -0.2) is 4.98 Å². The van der Waals surface area contributed by atoms with Crippen LogP contribution in [0.2, 0.25) is 5.02 Å². The molecule has 1 saturated heterocycles. The van der Waals surface area contributed by atoms with Crippen LogP contribution >= 0.6 is 27.5 Å². The molecule has 2 heterocycles. The van der Waals surface area contributed by atoms with Crippen molar-refractivity contribution in [2.75, 3.05) is 31.1 Å². The van der Waals surface area contributed by atoms with E-state index in [0.29, 0.717) is 17.5 Å². The summed E-state index contributed by atoms with van der Waals surface area (Å²) in [6.07, 6.45) is 3.90. The summed E-state index contributed by atoms with van der Waals surface area (Å²) in [6, 6.07) is 1.84. The number of aliphatic carboxylic acids is 1. The van der Waals surface area contributed by atoms with Gasteiger partial charge in [0.25, 0.3) is 0 Å². The lowest BCUT2D eigenvalue weighted by atomic mass is 9.98. The summed E-state index contributed by atoms with van der Waals surface area (Å²) >= 11 is 9.58. The molecule has 0 radical (unpaired) electrons. The SMILES string of the molecule is O=C(O)CNCC1CCCN(c2ncc(Br)cc2Cl)C1. The van der Waals surface area contributed by atoms with Crippen LogP contribution < -0.4 is 10.2 Å². The zero-order valence-electron chi connectivity index (χ0n) is 11.0. The molecule has 0 bridgehead atoms. The molecule has 2 N–H and O–H groups in total. The van der Waals surface area contributed by atoms with Crippen molar-refractivity contribution in [3.63, 3.8) is 0 Å². The average Bonchev–Trinajstić information content (AvgIpc) is 2.38. The number of hydrogen-bond donors (Lipinski definition) is 2. The van der Waals surface area contributed by atoms with Crippen LogP contribution in [0.4, 0.5) is 5.82 Å². The molecule has 110 valence electrons. The summed E-state index contributed by atoms with van der Waals surface area (Å²) in [5.74, 6) is 0.401. The molecular formula is C13H17BrClN3O2. The van der Waals surface area contributed by atoms with Gasteiger partial charge in [-0.2, -0.15) is 0 Å². The van der Waals surface area contributed by atoms with Crippen LogP contribution in [-0.2, 0) is 4.79 Å². The molecule has 1 aromatic heterocycles. The highest BCUT2D eigenvalue weighted by molar-refractivity contribution is 9.10. The Hall–Kier alpha value is -0.850. The molecule has 2 rings (SSSR count). The Morgan fingerprint density at radius 3 is 3.15 bits per heavy atom. The molecule has 20 heavy (non-hydrogen) atoms. The number of carbonyl (C=O) groups is 1. The van der Waals surface area contributed by atoms with Crippen molar-refractivity contribution in [2.24, 2.45) is 5.92 Å². The predicted octanol–water partition coefficient (Wildman–Crippen LogP) is 2.39. The summed E-state index contributed by atoms with van der Waals surface area (Å²) in [6.45, 7) is 2.50. The van der Waals surface area contributed by atoms with E-state index in [4.69, 9.17) is 16.7 Å². The third kappa shape index (κ3) is 4.33. The highest BCUT2D eigenvalue weighted by atomic mass is 79.9. The summed E-state index contributed by atoms with van der Waals surface area (Å²) in [5.41, 5.74) is 0. The Balaban J connectivity index is 1.94. The second-order valence-electron chi connectivity index (χ2n) is 4.94. The average molecular weight is 363 g/mol. The van der Waals surface area contributed by atoms with Crippen LogP contribution in [0.15, 0.2) is 16.7 Å². The third-order valence-corrected chi connectivity index (χ3v) is 4.03. The van der Waals surface area contributed by atoms with E-state index in [0.717, 1.165) is 36.2 Å². The van der Waals surface area contributed by atoms with Gasteiger partial charge in [-0.15, -0.1) is 0 Å². The van der Waals surface area contributed by atoms with Crippen molar-refractivity contribution in [1.82, 2.24) is 10.3 Å². The van der Waals surface area contributed by atoms with E-state index in [1.807, 2.05) is 6.07 Å². The Bertz CT molecular complexity index is 487. The van der Waals surface area contributed by atoms with E-state index in [-0.39, 0.29) is 6.54 Å². The van der Waals surface area contributed by atoms with Gasteiger partial charge in [-0.3, -0.25) is 4.79 Å². The van der Waals surface area contributed by atoms with Gasteiger partial charge < -0.3 is 15.3 Å². The number of piperidine rings is 1. The maximum absolute atomic E-state index is 10.5. The van der Waals surface area contributed by atoms with Gasteiger partial charge in [0.05, 0.1) is 11.6 Å². The molecule has 1 aliphatic rings. The lowest BCUT2D eigenvalue weighted by molar-refractivity contribution is -0.136. The van der Waals surface area contributed by atoms with Crippen LogP contribution in [-0.4, -0.2) is 42.2 Å². The topological polar surface area (TPSA) is 65.5 Å². The molecule has 5 nitrogen and oxygen atoms in total. The molecule has 1 atom stereocenters. The minimum absolute atomic E-state index is 0.00773. The maximum Gasteiger partial charge on any atom is 0.317 e. The van der Waals surface area contributed by atoms with Crippen LogP contribution in [0.5, 0.6) is 0 Å². The highest BCUT2D eigenvalue weighted by Crippen LogP contribution is 2.29. The second-order valence-corrected chi connectivity index (χ2v) is 6.26. The van der Waals surface area contributed by atoms with Crippen molar-refractivity contribution in [1.29, 1.82) is 0 Å². The van der Waals surface area contributed by atoms with Crippen LogP contribution in [0.3, 0.4) is 0 Å². The molecule has 1 aliphatic heterocycles. The minimum atomic E-state index is -0.824. The number of carboxylic acid groups (broad SMARTS) is 1. The molecule has 0 saturated carbocycles. The van der Waals surface area contributed by atoms with Gasteiger partial charge in [0, 0.05) is 30.3 Å². The van der Waals surface area contributed by atoms with Crippen molar-refractivity contribution >= 4 is 39.3 Å². The van der Waals surface area contributed by atoms with Gasteiger partial charge in [0.15, 0.2) is 0 Å². The number of nitrogens with one attached hydrogen (secondary N) is 1. The maximum atomic E-state index is 10.5. The van der Waals surface area contributed by atoms with Gasteiger partial charge >= 0.3 is 5.97 Å². The lowest BCUT2D eigenvalue weighted by Gasteiger charge is -2.34. The van der Waals surface area contributed by atoms with E-state index in [1.54, 1.807) is 6.20 Å². The van der Waals surface area contributed by atoms with Crippen molar-refractivity contribution in [3.05, 3.63) is 21.8 Å². The number of hydrogen-bond acceptors (Lipinski definition) is 4. The Morgan fingerprint density at radius 1 is 1.65 bits per heavy atom. The fourth-order valence-corrected chi connectivity index (χ4v) is 3.20. The van der Waals surface area contributed by atoms with Crippen molar-refractivity contribution in [3.8, 4) is 0 Å². The van der Waals surface area contributed by atoms with Crippen LogP contribution in [0.1, 0.15) is 12.8 Å². The second kappa shape index (κ2) is 7.24. The fourth-order valence-electron chi connectivity index (χ4n) is 2.45. The van der Waals surface area contributed by atoms with E-state index in [1.165, 1.54) is 0 Å². The first kappa shape index (κ1) is 15.5. The molecule has 1 aromatic rings. The van der Waals surface area contributed by atoms with E-state index in [2.05, 4.69) is 31.1 Å².